The van der Waals surface area contributed by atoms with Gasteiger partial charge >= 0.3 is 0 Å². The van der Waals surface area contributed by atoms with Crippen molar-refractivity contribution in [2.24, 2.45) is 0 Å². The number of hydrogen-bond donors (Lipinski definition) is 0. The smallest absolute Gasteiger partial charge is 0.243 e. The monoisotopic (exact) mass is 371 g/mol. The van der Waals surface area contributed by atoms with E-state index in [1.165, 1.54) is 5.56 Å². The zero-order valence-electron chi connectivity index (χ0n) is 15.4. The average Bonchev–Trinajstić information content (AvgIpc) is 2.69. The number of anilines is 1. The highest BCUT2D eigenvalue weighted by atomic mass is 35.5. The van der Waals surface area contributed by atoms with Gasteiger partial charge in [0.2, 0.25) is 5.91 Å². The van der Waals surface area contributed by atoms with Crippen LogP contribution in [0.2, 0.25) is 5.02 Å². The highest BCUT2D eigenvalue weighted by molar-refractivity contribution is 6.30. The third-order valence-electron chi connectivity index (χ3n) is 5.11. The van der Waals surface area contributed by atoms with Crippen molar-refractivity contribution < 1.29 is 4.79 Å². The SMILES string of the molecule is CC(C(=O)N(C)c1ccccc1)N1CCN(Cc2ccc(Cl)cc2)CC1. The molecule has 0 spiro atoms. The molecule has 26 heavy (non-hydrogen) atoms. The molecule has 1 amide bonds. The number of benzene rings is 2. The Hall–Kier alpha value is -1.88. The Balaban J connectivity index is 1.52. The van der Waals surface area contributed by atoms with Crippen LogP contribution in [0.25, 0.3) is 0 Å². The molecule has 1 saturated heterocycles. The van der Waals surface area contributed by atoms with Crippen LogP contribution < -0.4 is 4.90 Å². The minimum Gasteiger partial charge on any atom is -0.314 e. The standard InChI is InChI=1S/C21H26ClN3O/c1-17(21(26)23(2)20-6-4-3-5-7-20)25-14-12-24(13-15-25)16-18-8-10-19(22)11-9-18/h3-11,17H,12-16H2,1-2H3. The lowest BCUT2D eigenvalue weighted by molar-refractivity contribution is -0.123. The summed E-state index contributed by atoms with van der Waals surface area (Å²) in [5.41, 5.74) is 2.21. The summed E-state index contributed by atoms with van der Waals surface area (Å²) in [7, 11) is 1.85. The lowest BCUT2D eigenvalue weighted by Gasteiger charge is -2.38. The van der Waals surface area contributed by atoms with Crippen molar-refractivity contribution in [3.63, 3.8) is 0 Å². The lowest BCUT2D eigenvalue weighted by atomic mass is 10.1. The summed E-state index contributed by atoms with van der Waals surface area (Å²) in [6.07, 6.45) is 0. The van der Waals surface area contributed by atoms with Gasteiger partial charge in [-0.05, 0) is 36.8 Å². The van der Waals surface area contributed by atoms with Crippen LogP contribution in [0.5, 0.6) is 0 Å². The molecule has 138 valence electrons. The van der Waals surface area contributed by atoms with Crippen molar-refractivity contribution in [1.82, 2.24) is 9.80 Å². The van der Waals surface area contributed by atoms with Gasteiger partial charge < -0.3 is 4.90 Å². The van der Waals surface area contributed by atoms with E-state index < -0.39 is 0 Å². The summed E-state index contributed by atoms with van der Waals surface area (Å²) in [5.74, 6) is 0.141. The summed E-state index contributed by atoms with van der Waals surface area (Å²) in [6.45, 7) is 6.69. The first-order valence-electron chi connectivity index (χ1n) is 9.08. The second-order valence-electron chi connectivity index (χ2n) is 6.85. The van der Waals surface area contributed by atoms with Crippen LogP contribution in [-0.4, -0.2) is 55.0 Å². The maximum atomic E-state index is 12.8. The van der Waals surface area contributed by atoms with Crippen molar-refractivity contribution in [3.8, 4) is 0 Å². The molecule has 5 heteroatoms. The molecular formula is C21H26ClN3O. The molecule has 4 nitrogen and oxygen atoms in total. The van der Waals surface area contributed by atoms with E-state index in [0.717, 1.165) is 43.4 Å². The fraction of sp³-hybridized carbons (Fsp3) is 0.381. The van der Waals surface area contributed by atoms with Gasteiger partial charge in [-0.25, -0.2) is 0 Å². The van der Waals surface area contributed by atoms with E-state index in [-0.39, 0.29) is 11.9 Å². The third kappa shape index (κ3) is 4.64. The van der Waals surface area contributed by atoms with Crippen LogP contribution in [0.1, 0.15) is 12.5 Å². The zero-order valence-corrected chi connectivity index (χ0v) is 16.2. The van der Waals surface area contributed by atoms with Crippen LogP contribution in [0, 0.1) is 0 Å². The number of rotatable bonds is 5. The van der Waals surface area contributed by atoms with E-state index in [1.54, 1.807) is 4.90 Å². The summed E-state index contributed by atoms with van der Waals surface area (Å²) in [6, 6.07) is 17.7. The molecule has 0 N–H and O–H groups in total. The molecule has 1 aliphatic heterocycles. The molecular weight excluding hydrogens is 346 g/mol. The summed E-state index contributed by atoms with van der Waals surface area (Å²) >= 11 is 5.95. The summed E-state index contributed by atoms with van der Waals surface area (Å²) in [4.78, 5) is 19.3. The van der Waals surface area contributed by atoms with Gasteiger partial charge in [0.05, 0.1) is 6.04 Å². The molecule has 0 aliphatic carbocycles. The van der Waals surface area contributed by atoms with Crippen LogP contribution >= 0.6 is 11.6 Å². The topological polar surface area (TPSA) is 26.8 Å². The molecule has 1 unspecified atom stereocenters. The first kappa shape index (κ1) is 18.9. The minimum absolute atomic E-state index is 0.113. The molecule has 1 heterocycles. The number of nitrogens with zero attached hydrogens (tertiary/aromatic N) is 3. The van der Waals surface area contributed by atoms with Gasteiger partial charge in [0.1, 0.15) is 0 Å². The molecule has 3 rings (SSSR count). The number of hydrogen-bond acceptors (Lipinski definition) is 3. The van der Waals surface area contributed by atoms with Gasteiger partial charge in [-0.15, -0.1) is 0 Å². The van der Waals surface area contributed by atoms with Gasteiger partial charge in [-0.3, -0.25) is 14.6 Å². The first-order chi connectivity index (χ1) is 12.5. The molecule has 0 aromatic heterocycles. The van der Waals surface area contributed by atoms with Crippen molar-refractivity contribution in [2.75, 3.05) is 38.1 Å². The second kappa shape index (κ2) is 8.67. The quantitative estimate of drug-likeness (QED) is 0.804. The highest BCUT2D eigenvalue weighted by Gasteiger charge is 2.27. The minimum atomic E-state index is -0.113. The van der Waals surface area contributed by atoms with E-state index in [1.807, 2.05) is 56.4 Å². The van der Waals surface area contributed by atoms with Crippen molar-refractivity contribution >= 4 is 23.2 Å². The first-order valence-corrected chi connectivity index (χ1v) is 9.46. The molecule has 0 saturated carbocycles. The van der Waals surface area contributed by atoms with Gasteiger partial charge in [-0.1, -0.05) is 41.9 Å². The largest absolute Gasteiger partial charge is 0.314 e. The van der Waals surface area contributed by atoms with Crippen molar-refractivity contribution in [2.45, 2.75) is 19.5 Å². The van der Waals surface area contributed by atoms with Crippen molar-refractivity contribution in [3.05, 3.63) is 65.2 Å². The Morgan fingerprint density at radius 2 is 1.65 bits per heavy atom. The fourth-order valence-electron chi connectivity index (χ4n) is 3.37. The van der Waals surface area contributed by atoms with E-state index in [9.17, 15) is 4.79 Å². The number of halogens is 1. The van der Waals surface area contributed by atoms with Crippen LogP contribution in [-0.2, 0) is 11.3 Å². The maximum Gasteiger partial charge on any atom is 0.243 e. The number of piperazine rings is 1. The van der Waals surface area contributed by atoms with Gasteiger partial charge in [0.15, 0.2) is 0 Å². The van der Waals surface area contributed by atoms with E-state index >= 15 is 0 Å². The van der Waals surface area contributed by atoms with Crippen LogP contribution in [0.4, 0.5) is 5.69 Å². The second-order valence-corrected chi connectivity index (χ2v) is 7.28. The van der Waals surface area contributed by atoms with E-state index in [0.29, 0.717) is 0 Å². The molecule has 2 aromatic carbocycles. The molecule has 0 bridgehead atoms. The van der Waals surface area contributed by atoms with Gasteiger partial charge in [-0.2, -0.15) is 0 Å². The molecule has 1 fully saturated rings. The third-order valence-corrected chi connectivity index (χ3v) is 5.36. The Bertz CT molecular complexity index is 712. The number of carbonyl (C=O) groups excluding carboxylic acids is 1. The molecule has 1 atom stereocenters. The Kier molecular flexibility index (Phi) is 6.30. The number of amides is 1. The van der Waals surface area contributed by atoms with Gasteiger partial charge in [0, 0.05) is 50.5 Å². The van der Waals surface area contributed by atoms with E-state index in [2.05, 4.69) is 21.9 Å². The van der Waals surface area contributed by atoms with E-state index in [4.69, 9.17) is 11.6 Å². The number of likely N-dealkylation sites (N-methyl/N-ethyl adjacent to an activating group) is 1. The Labute approximate surface area is 161 Å². The summed E-state index contributed by atoms with van der Waals surface area (Å²) < 4.78 is 0. The number of carbonyl (C=O) groups is 1. The number of para-hydroxylation sites is 1. The normalized spacial score (nSPS) is 17.0. The molecule has 0 radical (unpaired) electrons. The Morgan fingerprint density at radius 3 is 2.27 bits per heavy atom. The fourth-order valence-corrected chi connectivity index (χ4v) is 3.50. The molecule has 2 aromatic rings. The Morgan fingerprint density at radius 1 is 1.04 bits per heavy atom. The summed E-state index contributed by atoms with van der Waals surface area (Å²) in [5, 5.41) is 0.772. The lowest BCUT2D eigenvalue weighted by Crippen LogP contribution is -2.53. The van der Waals surface area contributed by atoms with Gasteiger partial charge in [0.25, 0.3) is 0 Å². The maximum absolute atomic E-state index is 12.8. The zero-order chi connectivity index (χ0) is 18.5. The van der Waals surface area contributed by atoms with Crippen molar-refractivity contribution in [1.29, 1.82) is 0 Å². The molecule has 1 aliphatic rings. The predicted molar refractivity (Wildman–Crippen MR) is 108 cm³/mol. The van der Waals surface area contributed by atoms with Crippen LogP contribution in [0.15, 0.2) is 54.6 Å². The highest BCUT2D eigenvalue weighted by Crippen LogP contribution is 2.17. The van der Waals surface area contributed by atoms with Crippen LogP contribution in [0.3, 0.4) is 0 Å². The predicted octanol–water partition coefficient (Wildman–Crippen LogP) is 3.51. The average molecular weight is 372 g/mol.